The van der Waals surface area contributed by atoms with E-state index < -0.39 is 0 Å². The Morgan fingerprint density at radius 2 is 1.16 bits per heavy atom. The lowest BCUT2D eigenvalue weighted by Crippen LogP contribution is -2.19. The van der Waals surface area contributed by atoms with Gasteiger partial charge in [-0.25, -0.2) is 0 Å². The first kappa shape index (κ1) is 16.5. The number of rotatable bonds is 6. The molecule has 3 aromatic carbocycles. The zero-order chi connectivity index (χ0) is 17.3. The molecule has 0 saturated heterocycles. The van der Waals surface area contributed by atoms with Crippen molar-refractivity contribution in [3.63, 3.8) is 0 Å². The summed E-state index contributed by atoms with van der Waals surface area (Å²) in [5.74, 6) is 5.68. The zero-order valence-electron chi connectivity index (χ0n) is 13.7. The molecule has 0 fully saturated rings. The Morgan fingerprint density at radius 3 is 1.68 bits per heavy atom. The number of benzene rings is 3. The van der Waals surface area contributed by atoms with E-state index in [0.29, 0.717) is 18.0 Å². The Hall–Kier alpha value is -3.40. The molecule has 4 nitrogen and oxygen atoms in total. The van der Waals surface area contributed by atoms with Crippen LogP contribution < -0.4 is 5.84 Å². The average molecular weight is 329 g/mol. The highest BCUT2D eigenvalue weighted by molar-refractivity contribution is 6.53. The molecular weight excluding hydrogens is 310 g/mol. The fraction of sp³-hybridized carbons (Fsp3) is 0.0476. The average Bonchev–Trinajstić information content (AvgIpc) is 2.70. The molecule has 0 bridgehead atoms. The highest BCUT2D eigenvalue weighted by Gasteiger charge is 2.15. The lowest BCUT2D eigenvalue weighted by atomic mass is 10.00. The van der Waals surface area contributed by atoms with Crippen molar-refractivity contribution in [2.45, 2.75) is 6.61 Å². The Bertz CT molecular complexity index is 844. The van der Waals surface area contributed by atoms with Gasteiger partial charge in [0.2, 0.25) is 0 Å². The maximum Gasteiger partial charge on any atom is 0.142 e. The molecule has 0 spiro atoms. The fourth-order valence-corrected chi connectivity index (χ4v) is 2.44. The molecule has 124 valence electrons. The van der Waals surface area contributed by atoms with Gasteiger partial charge in [-0.1, -0.05) is 96.2 Å². The molecular formula is C21H19N3O. The van der Waals surface area contributed by atoms with Crippen molar-refractivity contribution in [3.05, 3.63) is 108 Å². The Morgan fingerprint density at radius 1 is 0.680 bits per heavy atom. The second kappa shape index (κ2) is 8.45. The number of nitrogens with two attached hydrogens (primary N) is 1. The number of oxime groups is 1. The molecule has 0 heterocycles. The van der Waals surface area contributed by atoms with Crippen LogP contribution in [0.3, 0.4) is 0 Å². The van der Waals surface area contributed by atoms with Crippen LogP contribution in [0.2, 0.25) is 0 Å². The minimum Gasteiger partial charge on any atom is -0.390 e. The summed E-state index contributed by atoms with van der Waals surface area (Å²) in [5, 5.41) is 8.31. The zero-order valence-corrected chi connectivity index (χ0v) is 13.7. The largest absolute Gasteiger partial charge is 0.390 e. The maximum atomic E-state index is 5.68. The van der Waals surface area contributed by atoms with Crippen molar-refractivity contribution in [2.75, 3.05) is 0 Å². The van der Waals surface area contributed by atoms with E-state index >= 15 is 0 Å². The molecule has 0 aliphatic heterocycles. The van der Waals surface area contributed by atoms with Gasteiger partial charge in [-0.2, -0.15) is 5.10 Å². The normalized spacial score (nSPS) is 12.0. The SMILES string of the molecule is N/N=C(\C(=N/OCc1ccccc1)c1ccccc1)c1ccccc1. The minimum absolute atomic E-state index is 0.379. The van der Waals surface area contributed by atoms with Crippen molar-refractivity contribution in [3.8, 4) is 0 Å². The second-order valence-corrected chi connectivity index (χ2v) is 5.41. The molecule has 0 atom stereocenters. The molecule has 3 aromatic rings. The van der Waals surface area contributed by atoms with Crippen LogP contribution in [-0.4, -0.2) is 11.4 Å². The summed E-state index contributed by atoms with van der Waals surface area (Å²) in [6.45, 7) is 0.379. The molecule has 2 N–H and O–H groups in total. The predicted molar refractivity (Wildman–Crippen MR) is 101 cm³/mol. The van der Waals surface area contributed by atoms with Gasteiger partial charge >= 0.3 is 0 Å². The monoisotopic (exact) mass is 329 g/mol. The molecule has 0 aromatic heterocycles. The van der Waals surface area contributed by atoms with Gasteiger partial charge in [-0.15, -0.1) is 0 Å². The van der Waals surface area contributed by atoms with Crippen molar-refractivity contribution < 1.29 is 4.84 Å². The summed E-state index contributed by atoms with van der Waals surface area (Å²) in [6.07, 6.45) is 0. The summed E-state index contributed by atoms with van der Waals surface area (Å²) in [5.41, 5.74) is 4.01. The van der Waals surface area contributed by atoms with Gasteiger partial charge in [0.15, 0.2) is 0 Å². The first-order chi connectivity index (χ1) is 12.4. The van der Waals surface area contributed by atoms with E-state index in [1.54, 1.807) is 0 Å². The molecule has 0 aliphatic rings. The summed E-state index contributed by atoms with van der Waals surface area (Å²) in [6, 6.07) is 29.4. The number of hydrogen-bond acceptors (Lipinski definition) is 4. The van der Waals surface area contributed by atoms with Gasteiger partial charge in [-0.3, -0.25) is 0 Å². The molecule has 0 aliphatic carbocycles. The highest BCUT2D eigenvalue weighted by Crippen LogP contribution is 2.11. The van der Waals surface area contributed by atoms with Gasteiger partial charge in [-0.05, 0) is 5.56 Å². The number of hydrazone groups is 1. The van der Waals surface area contributed by atoms with Gasteiger partial charge in [0.25, 0.3) is 0 Å². The molecule has 25 heavy (non-hydrogen) atoms. The van der Waals surface area contributed by atoms with Crippen LogP contribution in [0.15, 0.2) is 101 Å². The third-order valence-electron chi connectivity index (χ3n) is 3.68. The van der Waals surface area contributed by atoms with Crippen molar-refractivity contribution in [1.29, 1.82) is 0 Å². The Labute approximate surface area is 147 Å². The molecule has 0 saturated carbocycles. The first-order valence-corrected chi connectivity index (χ1v) is 8.01. The van der Waals surface area contributed by atoms with Crippen LogP contribution in [0.25, 0.3) is 0 Å². The number of nitrogens with zero attached hydrogens (tertiary/aromatic N) is 2. The highest BCUT2D eigenvalue weighted by atomic mass is 16.6. The van der Waals surface area contributed by atoms with E-state index in [9.17, 15) is 0 Å². The smallest absolute Gasteiger partial charge is 0.142 e. The molecule has 3 rings (SSSR count). The van der Waals surface area contributed by atoms with Crippen LogP contribution in [0, 0.1) is 0 Å². The van der Waals surface area contributed by atoms with Gasteiger partial charge in [0, 0.05) is 11.1 Å². The van der Waals surface area contributed by atoms with E-state index in [4.69, 9.17) is 10.7 Å². The number of hydrogen-bond donors (Lipinski definition) is 1. The van der Waals surface area contributed by atoms with Crippen LogP contribution >= 0.6 is 0 Å². The summed E-state index contributed by atoms with van der Waals surface area (Å²) >= 11 is 0. The topological polar surface area (TPSA) is 60.0 Å². The quantitative estimate of drug-likeness (QED) is 0.422. The van der Waals surface area contributed by atoms with Crippen LogP contribution in [0.5, 0.6) is 0 Å². The van der Waals surface area contributed by atoms with E-state index in [1.807, 2.05) is 91.0 Å². The van der Waals surface area contributed by atoms with E-state index in [1.165, 1.54) is 0 Å². The van der Waals surface area contributed by atoms with Crippen LogP contribution in [0.4, 0.5) is 0 Å². The lowest BCUT2D eigenvalue weighted by molar-refractivity contribution is 0.131. The van der Waals surface area contributed by atoms with Crippen molar-refractivity contribution in [1.82, 2.24) is 0 Å². The predicted octanol–water partition coefficient (Wildman–Crippen LogP) is 3.97. The van der Waals surface area contributed by atoms with Crippen molar-refractivity contribution in [2.24, 2.45) is 16.1 Å². The van der Waals surface area contributed by atoms with E-state index in [0.717, 1.165) is 16.7 Å². The van der Waals surface area contributed by atoms with Crippen LogP contribution in [0.1, 0.15) is 16.7 Å². The maximum absolute atomic E-state index is 5.68. The molecule has 4 heteroatoms. The van der Waals surface area contributed by atoms with Gasteiger partial charge in [0.1, 0.15) is 18.0 Å². The standard InChI is InChI=1S/C21H19N3O/c22-23-20(18-12-6-2-7-13-18)21(19-14-8-3-9-15-19)24-25-16-17-10-4-1-5-11-17/h1-15H,16,22H2/b23-20-,24-21-. The Balaban J connectivity index is 1.91. The van der Waals surface area contributed by atoms with Crippen molar-refractivity contribution >= 4 is 11.4 Å². The Kier molecular flexibility index (Phi) is 5.56. The van der Waals surface area contributed by atoms with Crippen LogP contribution in [-0.2, 0) is 11.4 Å². The van der Waals surface area contributed by atoms with Gasteiger partial charge < -0.3 is 10.7 Å². The third kappa shape index (κ3) is 4.32. The second-order valence-electron chi connectivity index (χ2n) is 5.41. The minimum atomic E-state index is 0.379. The molecule has 0 unspecified atom stereocenters. The lowest BCUT2D eigenvalue weighted by Gasteiger charge is -2.10. The summed E-state index contributed by atoms with van der Waals surface area (Å²) < 4.78 is 0. The van der Waals surface area contributed by atoms with E-state index in [2.05, 4.69) is 10.3 Å². The first-order valence-electron chi connectivity index (χ1n) is 8.01. The third-order valence-corrected chi connectivity index (χ3v) is 3.68. The molecule has 0 amide bonds. The van der Waals surface area contributed by atoms with E-state index in [-0.39, 0.29) is 0 Å². The summed E-state index contributed by atoms with van der Waals surface area (Å²) in [4.78, 5) is 5.59. The fourth-order valence-electron chi connectivity index (χ4n) is 2.44. The summed E-state index contributed by atoms with van der Waals surface area (Å²) in [7, 11) is 0. The molecule has 0 radical (unpaired) electrons. The van der Waals surface area contributed by atoms with Gasteiger partial charge in [0.05, 0.1) is 0 Å².